The fourth-order valence-corrected chi connectivity index (χ4v) is 4.12. The number of halogens is 3. The van der Waals surface area contributed by atoms with E-state index in [-0.39, 0.29) is 27.0 Å². The first-order valence-electron chi connectivity index (χ1n) is 9.94. The number of aryl methyl sites for hydroxylation is 1. The smallest absolute Gasteiger partial charge is 0.218 e. The number of nitrogens with zero attached hydrogens (tertiary/aromatic N) is 5. The third-order valence-electron chi connectivity index (χ3n) is 5.66. The van der Waals surface area contributed by atoms with Gasteiger partial charge < -0.3 is 9.64 Å². The lowest BCUT2D eigenvalue weighted by atomic mass is 10.0. The minimum Gasteiger partial charge on any atom is -0.378 e. The van der Waals surface area contributed by atoms with Crippen LogP contribution in [0.1, 0.15) is 5.56 Å². The number of pyridine rings is 1. The van der Waals surface area contributed by atoms with Gasteiger partial charge in [-0.3, -0.25) is 4.68 Å². The molecule has 0 N–H and O–H groups in total. The quantitative estimate of drug-likeness (QED) is 0.459. The van der Waals surface area contributed by atoms with Crippen molar-refractivity contribution in [3.63, 3.8) is 0 Å². The Morgan fingerprint density at radius 3 is 2.58 bits per heavy atom. The minimum absolute atomic E-state index is 0.0684. The number of fused-ring (bicyclic) bond motifs is 1. The summed E-state index contributed by atoms with van der Waals surface area (Å²) < 4.78 is 52.6. The number of benzene rings is 1. The standard InChI is InChI=1S/C22H20F3N5O/c1-13-17(15-11-26-28(2)12-15)18-19(23)20(30(25)22(18)27-21(13)24)14-4-3-5-16(10-14)29-6-8-31-9-7-29/h3-5,10-12H,6-9H2,1-2H3. The van der Waals surface area contributed by atoms with Gasteiger partial charge in [0.25, 0.3) is 0 Å². The Kier molecular flexibility index (Phi) is 4.70. The van der Waals surface area contributed by atoms with Gasteiger partial charge in [-0.05, 0) is 19.1 Å². The number of hydrogen-bond donors (Lipinski definition) is 0. The van der Waals surface area contributed by atoms with Crippen molar-refractivity contribution in [2.45, 2.75) is 6.92 Å². The molecular weight excluding hydrogens is 407 g/mol. The van der Waals surface area contributed by atoms with E-state index in [4.69, 9.17) is 4.74 Å². The molecule has 160 valence electrons. The summed E-state index contributed by atoms with van der Waals surface area (Å²) in [7, 11) is 1.70. The molecule has 0 bridgehead atoms. The molecule has 1 saturated heterocycles. The van der Waals surface area contributed by atoms with Crippen LogP contribution in [0.3, 0.4) is 0 Å². The number of rotatable bonds is 3. The normalized spacial score (nSPS) is 14.5. The SMILES string of the molecule is Cc1c(F)nc2c(c(F)c(-c3cccc(N4CCOCC4)c3)n2F)c1-c1cnn(C)c1. The molecule has 9 heteroatoms. The van der Waals surface area contributed by atoms with E-state index in [1.54, 1.807) is 31.4 Å². The molecule has 4 heterocycles. The van der Waals surface area contributed by atoms with Crippen molar-refractivity contribution >= 4 is 16.7 Å². The molecule has 0 spiro atoms. The average Bonchev–Trinajstić information content (AvgIpc) is 3.31. The van der Waals surface area contributed by atoms with Crippen molar-refractivity contribution in [2.75, 3.05) is 31.2 Å². The Bertz CT molecular complexity index is 1290. The summed E-state index contributed by atoms with van der Waals surface area (Å²) in [5.41, 5.74) is 1.38. The van der Waals surface area contributed by atoms with Crippen molar-refractivity contribution < 1.29 is 18.0 Å². The average molecular weight is 427 g/mol. The van der Waals surface area contributed by atoms with Crippen molar-refractivity contribution in [3.8, 4) is 22.4 Å². The maximum atomic E-state index is 15.7. The minimum atomic E-state index is -0.851. The van der Waals surface area contributed by atoms with Crippen LogP contribution >= 0.6 is 0 Å². The Hall–Kier alpha value is -3.33. The summed E-state index contributed by atoms with van der Waals surface area (Å²) in [6.45, 7) is 4.08. The molecule has 0 radical (unpaired) electrons. The Morgan fingerprint density at radius 1 is 1.10 bits per heavy atom. The van der Waals surface area contributed by atoms with Gasteiger partial charge in [-0.2, -0.15) is 19.3 Å². The number of morpholine rings is 1. The summed E-state index contributed by atoms with van der Waals surface area (Å²) in [6, 6.07) is 7.00. The highest BCUT2D eigenvalue weighted by Crippen LogP contribution is 2.40. The predicted octanol–water partition coefficient (Wildman–Crippen LogP) is 4.26. The Morgan fingerprint density at radius 2 is 1.87 bits per heavy atom. The van der Waals surface area contributed by atoms with E-state index in [1.807, 2.05) is 6.07 Å². The predicted molar refractivity (Wildman–Crippen MR) is 112 cm³/mol. The molecule has 1 aromatic carbocycles. The highest BCUT2D eigenvalue weighted by Gasteiger charge is 2.27. The molecule has 31 heavy (non-hydrogen) atoms. The molecule has 6 nitrogen and oxygen atoms in total. The van der Waals surface area contributed by atoms with Gasteiger partial charge in [0, 0.05) is 54.3 Å². The van der Waals surface area contributed by atoms with E-state index in [0.29, 0.717) is 37.4 Å². The lowest BCUT2D eigenvalue weighted by Crippen LogP contribution is -2.36. The van der Waals surface area contributed by atoms with E-state index in [0.717, 1.165) is 5.69 Å². The number of anilines is 1. The van der Waals surface area contributed by atoms with E-state index < -0.39 is 17.4 Å². The zero-order valence-corrected chi connectivity index (χ0v) is 17.1. The van der Waals surface area contributed by atoms with E-state index in [2.05, 4.69) is 15.0 Å². The van der Waals surface area contributed by atoms with Crippen LogP contribution in [0, 0.1) is 18.7 Å². The van der Waals surface area contributed by atoms with Crippen LogP contribution in [-0.2, 0) is 11.8 Å². The van der Waals surface area contributed by atoms with Crippen LogP contribution in [0.25, 0.3) is 33.4 Å². The molecule has 0 saturated carbocycles. The first-order chi connectivity index (χ1) is 15.0. The maximum absolute atomic E-state index is 15.7. The number of aromatic nitrogens is 4. The molecule has 1 aliphatic heterocycles. The lowest BCUT2D eigenvalue weighted by Gasteiger charge is -2.29. The molecule has 1 fully saturated rings. The molecule has 4 aromatic rings. The van der Waals surface area contributed by atoms with Crippen LogP contribution in [0.15, 0.2) is 36.7 Å². The topological polar surface area (TPSA) is 48.1 Å². The zero-order valence-electron chi connectivity index (χ0n) is 17.1. The van der Waals surface area contributed by atoms with Crippen LogP contribution in [0.2, 0.25) is 0 Å². The monoisotopic (exact) mass is 427 g/mol. The highest BCUT2D eigenvalue weighted by molar-refractivity contribution is 5.98. The van der Waals surface area contributed by atoms with Gasteiger partial charge in [-0.1, -0.05) is 16.6 Å². The van der Waals surface area contributed by atoms with Crippen LogP contribution in [0.5, 0.6) is 0 Å². The molecule has 1 aliphatic rings. The molecular formula is C22H20F3N5O. The fourth-order valence-electron chi connectivity index (χ4n) is 4.12. The van der Waals surface area contributed by atoms with Gasteiger partial charge in [0.05, 0.1) is 24.8 Å². The second-order valence-electron chi connectivity index (χ2n) is 7.60. The Balaban J connectivity index is 1.73. The molecule has 5 rings (SSSR count). The van der Waals surface area contributed by atoms with Crippen molar-refractivity contribution in [1.29, 1.82) is 0 Å². The highest BCUT2D eigenvalue weighted by atomic mass is 19.2. The molecule has 0 amide bonds. The molecule has 0 atom stereocenters. The molecule has 0 aliphatic carbocycles. The van der Waals surface area contributed by atoms with Gasteiger partial charge in [0.1, 0.15) is 5.69 Å². The van der Waals surface area contributed by atoms with E-state index >= 15 is 8.87 Å². The maximum Gasteiger partial charge on any atom is 0.218 e. The van der Waals surface area contributed by atoms with Crippen molar-refractivity contribution in [1.82, 2.24) is 19.6 Å². The second-order valence-corrected chi connectivity index (χ2v) is 7.60. The van der Waals surface area contributed by atoms with Gasteiger partial charge in [-0.15, -0.1) is 0 Å². The van der Waals surface area contributed by atoms with Gasteiger partial charge in [0.2, 0.25) is 5.95 Å². The van der Waals surface area contributed by atoms with Gasteiger partial charge in [0.15, 0.2) is 11.5 Å². The summed E-state index contributed by atoms with van der Waals surface area (Å²) in [5.74, 6) is -1.64. The second kappa shape index (κ2) is 7.42. The van der Waals surface area contributed by atoms with Crippen LogP contribution < -0.4 is 4.90 Å². The van der Waals surface area contributed by atoms with Crippen LogP contribution in [-0.4, -0.2) is 45.9 Å². The zero-order chi connectivity index (χ0) is 21.7. The van der Waals surface area contributed by atoms with Crippen molar-refractivity contribution in [3.05, 3.63) is 54.0 Å². The van der Waals surface area contributed by atoms with E-state index in [9.17, 15) is 4.39 Å². The van der Waals surface area contributed by atoms with Crippen molar-refractivity contribution in [2.24, 2.45) is 7.05 Å². The van der Waals surface area contributed by atoms with E-state index in [1.165, 1.54) is 17.8 Å². The summed E-state index contributed by atoms with van der Waals surface area (Å²) in [5, 5.41) is 4.02. The summed E-state index contributed by atoms with van der Waals surface area (Å²) in [4.78, 5) is 5.94. The summed E-state index contributed by atoms with van der Waals surface area (Å²) in [6.07, 6.45) is 3.13. The fraction of sp³-hybridized carbons (Fsp3) is 0.273. The summed E-state index contributed by atoms with van der Waals surface area (Å²) >= 11 is 0. The number of ether oxygens (including phenoxy) is 1. The largest absolute Gasteiger partial charge is 0.378 e. The Labute approximate surface area is 176 Å². The van der Waals surface area contributed by atoms with Crippen LogP contribution in [0.4, 0.5) is 18.9 Å². The molecule has 0 unspecified atom stereocenters. The first-order valence-corrected chi connectivity index (χ1v) is 9.94. The molecule has 3 aromatic heterocycles. The van der Waals surface area contributed by atoms with Gasteiger partial charge >= 0.3 is 0 Å². The third kappa shape index (κ3) is 3.16. The van der Waals surface area contributed by atoms with Gasteiger partial charge in [-0.25, -0.2) is 4.39 Å². The lowest BCUT2D eigenvalue weighted by molar-refractivity contribution is 0.122. The third-order valence-corrected chi connectivity index (χ3v) is 5.66. The first kappa shape index (κ1) is 19.6. The number of hydrogen-bond acceptors (Lipinski definition) is 4.